The molecule has 0 aliphatic rings. The molecule has 1 aromatic heterocycles. The second kappa shape index (κ2) is 8.13. The molecule has 2 rings (SSSR count). The van der Waals surface area contributed by atoms with Gasteiger partial charge >= 0.3 is 0 Å². The normalized spacial score (nSPS) is 12.0. The maximum absolute atomic E-state index is 14.0. The maximum Gasteiger partial charge on any atom is 0.240 e. The minimum absolute atomic E-state index is 0.0401. The van der Waals surface area contributed by atoms with Gasteiger partial charge in [-0.15, -0.1) is 11.3 Å². The Morgan fingerprint density at radius 1 is 1.36 bits per heavy atom. The van der Waals surface area contributed by atoms with Crippen molar-refractivity contribution >= 4 is 22.9 Å². The first-order valence-electron chi connectivity index (χ1n) is 8.11. The Labute approximate surface area is 151 Å². The Morgan fingerprint density at radius 2 is 2.08 bits per heavy atom. The first-order chi connectivity index (χ1) is 11.9. The average molecular weight is 359 g/mol. The quantitative estimate of drug-likeness (QED) is 0.757. The molecule has 1 aromatic carbocycles. The average Bonchev–Trinajstić information content (AvgIpc) is 3.02. The highest BCUT2D eigenvalue weighted by Crippen LogP contribution is 2.38. The van der Waals surface area contributed by atoms with E-state index >= 15 is 0 Å². The van der Waals surface area contributed by atoms with Crippen molar-refractivity contribution in [2.24, 2.45) is 11.7 Å². The van der Waals surface area contributed by atoms with E-state index in [1.165, 1.54) is 17.4 Å². The molecule has 0 fully saturated rings. The van der Waals surface area contributed by atoms with Crippen LogP contribution in [0.4, 0.5) is 10.1 Å². The van der Waals surface area contributed by atoms with Crippen molar-refractivity contribution in [2.75, 3.05) is 11.4 Å². The standard InChI is InChI=1S/C19H22FN3OS/c1-12(2)9-17(19(22)24)23(8-7-21)18-11-25-10-15(18)14-5-4-6-16(20)13(14)3/h4-6,10-12,17H,8-9H2,1-3H3,(H2,22,24)/t17-/m0/s1. The molecule has 0 aliphatic carbocycles. The first kappa shape index (κ1) is 18.9. The molecule has 0 radical (unpaired) electrons. The third-order valence-corrected chi connectivity index (χ3v) is 4.88. The number of thiophene rings is 1. The predicted octanol–water partition coefficient (Wildman–Crippen LogP) is 4.09. The highest BCUT2D eigenvalue weighted by Gasteiger charge is 2.28. The molecule has 6 heteroatoms. The molecule has 2 aromatic rings. The first-order valence-corrected chi connectivity index (χ1v) is 9.05. The molecule has 0 bridgehead atoms. The van der Waals surface area contributed by atoms with E-state index in [1.54, 1.807) is 17.9 Å². The van der Waals surface area contributed by atoms with E-state index in [1.807, 2.05) is 30.7 Å². The lowest BCUT2D eigenvalue weighted by atomic mass is 9.98. The van der Waals surface area contributed by atoms with Crippen LogP contribution in [0.25, 0.3) is 11.1 Å². The fourth-order valence-electron chi connectivity index (χ4n) is 2.90. The van der Waals surface area contributed by atoms with Crippen LogP contribution in [-0.4, -0.2) is 18.5 Å². The fourth-order valence-corrected chi connectivity index (χ4v) is 3.74. The zero-order valence-electron chi connectivity index (χ0n) is 14.6. The van der Waals surface area contributed by atoms with E-state index in [0.29, 0.717) is 12.0 Å². The Kier molecular flexibility index (Phi) is 6.16. The van der Waals surface area contributed by atoms with Gasteiger partial charge < -0.3 is 10.6 Å². The third-order valence-electron chi connectivity index (χ3n) is 4.15. The van der Waals surface area contributed by atoms with Crippen LogP contribution in [0.1, 0.15) is 25.8 Å². The molecule has 1 heterocycles. The van der Waals surface area contributed by atoms with E-state index in [4.69, 9.17) is 5.73 Å². The zero-order valence-corrected chi connectivity index (χ0v) is 15.4. The van der Waals surface area contributed by atoms with E-state index < -0.39 is 11.9 Å². The van der Waals surface area contributed by atoms with Crippen LogP contribution in [-0.2, 0) is 4.79 Å². The van der Waals surface area contributed by atoms with Gasteiger partial charge in [0.15, 0.2) is 0 Å². The summed E-state index contributed by atoms with van der Waals surface area (Å²) in [6.45, 7) is 5.77. The summed E-state index contributed by atoms with van der Waals surface area (Å²) in [5, 5.41) is 13.1. The van der Waals surface area contributed by atoms with E-state index in [0.717, 1.165) is 16.8 Å². The Bertz CT molecular complexity index is 794. The molecule has 0 saturated heterocycles. The molecule has 2 N–H and O–H groups in total. The van der Waals surface area contributed by atoms with Crippen LogP contribution in [0.5, 0.6) is 0 Å². The number of carbonyl (C=O) groups is 1. The summed E-state index contributed by atoms with van der Waals surface area (Å²) in [5.41, 5.74) is 8.47. The molecule has 1 atom stereocenters. The maximum atomic E-state index is 14.0. The number of carbonyl (C=O) groups excluding carboxylic acids is 1. The summed E-state index contributed by atoms with van der Waals surface area (Å²) in [7, 11) is 0. The van der Waals surface area contributed by atoms with E-state index in [-0.39, 0.29) is 18.3 Å². The van der Waals surface area contributed by atoms with Crippen molar-refractivity contribution in [1.29, 1.82) is 5.26 Å². The predicted molar refractivity (Wildman–Crippen MR) is 99.8 cm³/mol. The van der Waals surface area contributed by atoms with Crippen LogP contribution in [0.3, 0.4) is 0 Å². The topological polar surface area (TPSA) is 70.1 Å². The molecule has 4 nitrogen and oxygen atoms in total. The van der Waals surface area contributed by atoms with Gasteiger partial charge in [0.05, 0.1) is 11.8 Å². The number of benzene rings is 1. The summed E-state index contributed by atoms with van der Waals surface area (Å²) < 4.78 is 14.0. The molecule has 0 spiro atoms. The molecular weight excluding hydrogens is 337 g/mol. The number of nitriles is 1. The number of anilines is 1. The number of nitrogens with zero attached hydrogens (tertiary/aromatic N) is 2. The molecule has 132 valence electrons. The van der Waals surface area contributed by atoms with Crippen LogP contribution in [0.15, 0.2) is 29.0 Å². The lowest BCUT2D eigenvalue weighted by Crippen LogP contribution is -2.46. The van der Waals surface area contributed by atoms with Crippen molar-refractivity contribution in [2.45, 2.75) is 33.2 Å². The molecule has 25 heavy (non-hydrogen) atoms. The fraction of sp³-hybridized carbons (Fsp3) is 0.368. The lowest BCUT2D eigenvalue weighted by Gasteiger charge is -2.31. The van der Waals surface area contributed by atoms with Crippen molar-refractivity contribution in [3.05, 3.63) is 40.3 Å². The molecule has 0 unspecified atom stereocenters. The van der Waals surface area contributed by atoms with Crippen LogP contribution < -0.4 is 10.6 Å². The van der Waals surface area contributed by atoms with Gasteiger partial charge in [-0.2, -0.15) is 5.26 Å². The Balaban J connectivity index is 2.54. The number of nitrogens with two attached hydrogens (primary N) is 1. The van der Waals surface area contributed by atoms with Gasteiger partial charge in [-0.25, -0.2) is 4.39 Å². The molecular formula is C19H22FN3OS. The minimum atomic E-state index is -0.582. The second-order valence-electron chi connectivity index (χ2n) is 6.42. The second-order valence-corrected chi connectivity index (χ2v) is 7.16. The summed E-state index contributed by atoms with van der Waals surface area (Å²) in [5.74, 6) is -0.496. The van der Waals surface area contributed by atoms with Crippen molar-refractivity contribution < 1.29 is 9.18 Å². The van der Waals surface area contributed by atoms with Crippen molar-refractivity contribution in [1.82, 2.24) is 0 Å². The number of amides is 1. The summed E-state index contributed by atoms with van der Waals surface area (Å²) in [6.07, 6.45) is 0.550. The number of hydrogen-bond acceptors (Lipinski definition) is 4. The summed E-state index contributed by atoms with van der Waals surface area (Å²) >= 11 is 1.45. The van der Waals surface area contributed by atoms with E-state index in [9.17, 15) is 14.4 Å². The van der Waals surface area contributed by atoms with Crippen molar-refractivity contribution in [3.8, 4) is 17.2 Å². The largest absolute Gasteiger partial charge is 0.368 e. The van der Waals surface area contributed by atoms with Gasteiger partial charge in [0.2, 0.25) is 5.91 Å². The number of rotatable bonds is 7. The molecule has 0 aliphatic heterocycles. The van der Waals surface area contributed by atoms with Gasteiger partial charge in [0, 0.05) is 16.3 Å². The monoisotopic (exact) mass is 359 g/mol. The van der Waals surface area contributed by atoms with E-state index in [2.05, 4.69) is 6.07 Å². The van der Waals surface area contributed by atoms with Gasteiger partial charge in [0.25, 0.3) is 0 Å². The minimum Gasteiger partial charge on any atom is -0.368 e. The number of primary amides is 1. The lowest BCUT2D eigenvalue weighted by molar-refractivity contribution is -0.119. The highest BCUT2D eigenvalue weighted by atomic mass is 32.1. The van der Waals surface area contributed by atoms with Gasteiger partial charge in [0.1, 0.15) is 18.4 Å². The SMILES string of the molecule is Cc1c(F)cccc1-c1cscc1N(CC#N)[C@@H](CC(C)C)C(N)=O. The summed E-state index contributed by atoms with van der Waals surface area (Å²) in [6, 6.07) is 6.46. The molecule has 0 saturated carbocycles. The third kappa shape index (κ3) is 4.18. The summed E-state index contributed by atoms with van der Waals surface area (Å²) in [4.78, 5) is 13.8. The zero-order chi connectivity index (χ0) is 18.6. The Morgan fingerprint density at radius 3 is 2.68 bits per heavy atom. The van der Waals surface area contributed by atoms with Crippen LogP contribution >= 0.6 is 11.3 Å². The highest BCUT2D eigenvalue weighted by molar-refractivity contribution is 7.08. The van der Waals surface area contributed by atoms with Crippen molar-refractivity contribution in [3.63, 3.8) is 0 Å². The number of halogens is 1. The van der Waals surface area contributed by atoms with Crippen LogP contribution in [0.2, 0.25) is 0 Å². The van der Waals surface area contributed by atoms with Crippen LogP contribution in [0, 0.1) is 30.0 Å². The van der Waals surface area contributed by atoms with Gasteiger partial charge in [-0.3, -0.25) is 4.79 Å². The van der Waals surface area contributed by atoms with Gasteiger partial charge in [-0.1, -0.05) is 26.0 Å². The smallest absolute Gasteiger partial charge is 0.240 e. The van der Waals surface area contributed by atoms with Gasteiger partial charge in [-0.05, 0) is 36.5 Å². The molecule has 1 amide bonds. The number of hydrogen-bond donors (Lipinski definition) is 1. The Hall–Kier alpha value is -2.39.